The van der Waals surface area contributed by atoms with E-state index in [1.807, 2.05) is 39.8 Å². The molecular formula is C20H23BClN4O4S. The molecule has 0 spiro atoms. The van der Waals surface area contributed by atoms with Crippen LogP contribution in [0.4, 0.5) is 10.6 Å². The first-order valence-electron chi connectivity index (χ1n) is 9.67. The van der Waals surface area contributed by atoms with Crippen LogP contribution in [0.5, 0.6) is 0 Å². The summed E-state index contributed by atoms with van der Waals surface area (Å²) in [4.78, 5) is 34.6. The van der Waals surface area contributed by atoms with Gasteiger partial charge in [0.15, 0.2) is 0 Å². The zero-order chi connectivity index (χ0) is 22.6. The Morgan fingerprint density at radius 2 is 2.23 bits per heavy atom. The Balaban J connectivity index is 1.82. The van der Waals surface area contributed by atoms with Crippen molar-refractivity contribution in [3.05, 3.63) is 40.4 Å². The number of halogens is 1. The second-order valence-corrected chi connectivity index (χ2v) is 9.46. The minimum Gasteiger partial charge on any atom is -0.468 e. The van der Waals surface area contributed by atoms with Crippen LogP contribution < -0.4 is 10.1 Å². The van der Waals surface area contributed by atoms with Crippen molar-refractivity contribution in [2.24, 2.45) is 0 Å². The minimum atomic E-state index is -0.560. The molecule has 0 aliphatic rings. The Morgan fingerprint density at radius 1 is 1.45 bits per heavy atom. The number of aromatic nitrogens is 2. The smallest absolute Gasteiger partial charge is 0.407 e. The van der Waals surface area contributed by atoms with E-state index in [-0.39, 0.29) is 11.3 Å². The van der Waals surface area contributed by atoms with Gasteiger partial charge >= 0.3 is 13.5 Å². The van der Waals surface area contributed by atoms with Crippen LogP contribution in [-0.4, -0.2) is 41.3 Å². The zero-order valence-corrected chi connectivity index (χ0v) is 19.3. The molecule has 163 valence electrons. The van der Waals surface area contributed by atoms with E-state index in [0.29, 0.717) is 36.2 Å². The maximum Gasteiger partial charge on any atom is 0.407 e. The Labute approximate surface area is 190 Å². The predicted molar refractivity (Wildman–Crippen MR) is 122 cm³/mol. The minimum absolute atomic E-state index is 0.0792. The molecule has 1 amide bonds. The summed E-state index contributed by atoms with van der Waals surface area (Å²) < 4.78 is 11.5. The average Bonchev–Trinajstić information content (AvgIpc) is 3.27. The molecule has 0 aliphatic carbocycles. The number of nitrogens with zero attached hydrogens (tertiary/aromatic N) is 3. The SMILES string of the molecule is C[C@H](Cc1cc2nc(Cl)nc(N([B]C=O)Cc3ccco3)c2s1)NC(=O)OC(C)(C)C. The predicted octanol–water partition coefficient (Wildman–Crippen LogP) is 4.21. The number of carbonyl (C=O) groups is 2. The number of furan rings is 1. The molecule has 11 heteroatoms. The quantitative estimate of drug-likeness (QED) is 0.305. The van der Waals surface area contributed by atoms with Crippen molar-refractivity contribution >= 4 is 58.7 Å². The molecule has 3 aromatic rings. The van der Waals surface area contributed by atoms with E-state index in [4.69, 9.17) is 20.8 Å². The molecule has 3 heterocycles. The molecule has 0 aromatic carbocycles. The summed E-state index contributed by atoms with van der Waals surface area (Å²) in [7, 11) is 1.38. The monoisotopic (exact) mass is 461 g/mol. The lowest BCUT2D eigenvalue weighted by Gasteiger charge is -2.21. The molecule has 1 atom stereocenters. The van der Waals surface area contributed by atoms with E-state index in [9.17, 15) is 9.59 Å². The van der Waals surface area contributed by atoms with Crippen LogP contribution in [0, 0.1) is 0 Å². The zero-order valence-electron chi connectivity index (χ0n) is 17.7. The first-order valence-corrected chi connectivity index (χ1v) is 10.9. The van der Waals surface area contributed by atoms with E-state index < -0.39 is 11.7 Å². The molecule has 1 radical (unpaired) electrons. The van der Waals surface area contributed by atoms with Gasteiger partial charge in [-0.05, 0) is 57.5 Å². The van der Waals surface area contributed by atoms with E-state index in [1.165, 1.54) is 18.8 Å². The third kappa shape index (κ3) is 6.45. The molecule has 0 bridgehead atoms. The van der Waals surface area contributed by atoms with Gasteiger partial charge in [-0.25, -0.2) is 14.8 Å². The van der Waals surface area contributed by atoms with Crippen LogP contribution in [0.1, 0.15) is 38.3 Å². The highest BCUT2D eigenvalue weighted by molar-refractivity contribution is 7.19. The molecule has 0 saturated heterocycles. The Hall–Kier alpha value is -2.59. The largest absolute Gasteiger partial charge is 0.468 e. The first kappa shape index (κ1) is 23.1. The van der Waals surface area contributed by atoms with Gasteiger partial charge in [-0.3, -0.25) is 0 Å². The van der Waals surface area contributed by atoms with Gasteiger partial charge in [-0.15, -0.1) is 11.3 Å². The first-order chi connectivity index (χ1) is 14.6. The summed E-state index contributed by atoms with van der Waals surface area (Å²) in [6.07, 6.45) is 2.37. The lowest BCUT2D eigenvalue weighted by Crippen LogP contribution is -2.38. The lowest BCUT2D eigenvalue weighted by molar-refractivity contribution is 0.0508. The van der Waals surface area contributed by atoms with Crippen molar-refractivity contribution < 1.29 is 18.7 Å². The Bertz CT molecular complexity index is 1050. The summed E-state index contributed by atoms with van der Waals surface area (Å²) in [6.45, 7) is 7.67. The van der Waals surface area contributed by atoms with E-state index in [1.54, 1.807) is 17.1 Å². The van der Waals surface area contributed by atoms with Crippen molar-refractivity contribution in [2.75, 3.05) is 4.81 Å². The molecule has 31 heavy (non-hydrogen) atoms. The number of amides is 1. The number of alkyl carbamates (subject to hydrolysis) is 1. The highest BCUT2D eigenvalue weighted by Gasteiger charge is 2.21. The summed E-state index contributed by atoms with van der Waals surface area (Å²) >= 11 is 7.64. The average molecular weight is 462 g/mol. The van der Waals surface area contributed by atoms with E-state index >= 15 is 0 Å². The number of carbonyl (C=O) groups excluding carboxylic acids is 2. The number of ether oxygens (including phenoxy) is 1. The fourth-order valence-electron chi connectivity index (χ4n) is 2.94. The van der Waals surface area contributed by atoms with Crippen LogP contribution in [0.2, 0.25) is 5.28 Å². The molecule has 8 nitrogen and oxygen atoms in total. The molecule has 0 saturated carbocycles. The van der Waals surface area contributed by atoms with Crippen LogP contribution >= 0.6 is 22.9 Å². The molecule has 3 rings (SSSR count). The summed E-state index contributed by atoms with van der Waals surface area (Å²) in [6, 6.07) is 5.35. The number of hydrogen-bond donors (Lipinski definition) is 1. The van der Waals surface area contributed by atoms with Crippen molar-refractivity contribution in [3.8, 4) is 0 Å². The molecular weight excluding hydrogens is 439 g/mol. The van der Waals surface area contributed by atoms with Crippen LogP contribution in [0.25, 0.3) is 10.2 Å². The third-order valence-electron chi connectivity index (χ3n) is 4.07. The maximum atomic E-state index is 12.0. The van der Waals surface area contributed by atoms with Gasteiger partial charge in [-0.1, -0.05) is 0 Å². The molecule has 1 N–H and O–H groups in total. The van der Waals surface area contributed by atoms with Gasteiger partial charge in [0.25, 0.3) is 0 Å². The van der Waals surface area contributed by atoms with Crippen LogP contribution in [0.3, 0.4) is 0 Å². The number of thiophene rings is 1. The molecule has 3 aromatic heterocycles. The normalized spacial score (nSPS) is 12.4. The summed E-state index contributed by atoms with van der Waals surface area (Å²) in [5, 5.41) is 2.92. The van der Waals surface area contributed by atoms with Crippen molar-refractivity contribution in [1.82, 2.24) is 15.3 Å². The van der Waals surface area contributed by atoms with E-state index in [0.717, 1.165) is 9.58 Å². The van der Waals surface area contributed by atoms with Crippen LogP contribution in [0.15, 0.2) is 28.9 Å². The Morgan fingerprint density at radius 3 is 2.87 bits per heavy atom. The highest BCUT2D eigenvalue weighted by atomic mass is 35.5. The summed E-state index contributed by atoms with van der Waals surface area (Å²) in [5.74, 6) is 1.19. The fourth-order valence-corrected chi connectivity index (χ4v) is 4.34. The van der Waals surface area contributed by atoms with Gasteiger partial charge < -0.3 is 24.1 Å². The van der Waals surface area contributed by atoms with Crippen molar-refractivity contribution in [2.45, 2.75) is 52.3 Å². The van der Waals surface area contributed by atoms with Gasteiger partial charge in [0.2, 0.25) is 5.28 Å². The number of anilines is 1. The standard InChI is InChI=1S/C20H23BClN4O4S/c1-12(23-19(28)30-20(2,3)4)8-14-9-15-16(31-14)17(25-18(22)24-15)26(21-11-27)10-13-6-5-7-29-13/h5-7,9,11-12H,8,10H2,1-4H3,(H,23,28)/t12-/m1/s1. The van der Waals surface area contributed by atoms with Crippen LogP contribution in [-0.2, 0) is 22.5 Å². The number of nitrogens with one attached hydrogen (secondary N) is 1. The second kappa shape index (κ2) is 9.70. The lowest BCUT2D eigenvalue weighted by atomic mass is 9.94. The van der Waals surface area contributed by atoms with Crippen molar-refractivity contribution in [3.63, 3.8) is 0 Å². The van der Waals surface area contributed by atoms with Gasteiger partial charge in [-0.2, -0.15) is 0 Å². The Kier molecular flexibility index (Phi) is 7.22. The maximum absolute atomic E-state index is 12.0. The molecule has 0 fully saturated rings. The molecule has 0 unspecified atom stereocenters. The second-order valence-electron chi connectivity index (χ2n) is 7.99. The molecule has 0 aliphatic heterocycles. The summed E-state index contributed by atoms with van der Waals surface area (Å²) in [5.41, 5.74) is 0.109. The van der Waals surface area contributed by atoms with Gasteiger partial charge in [0.05, 0.1) is 23.0 Å². The van der Waals surface area contributed by atoms with E-state index in [2.05, 4.69) is 15.3 Å². The number of hydrogen-bond acceptors (Lipinski definition) is 8. The van der Waals surface area contributed by atoms with Gasteiger partial charge in [0.1, 0.15) is 23.4 Å². The fraction of sp³-hybridized carbons (Fsp3) is 0.400. The van der Waals surface area contributed by atoms with Crippen molar-refractivity contribution in [1.29, 1.82) is 0 Å². The number of rotatable bonds is 8. The topological polar surface area (TPSA) is 97.6 Å². The number of fused-ring (bicyclic) bond motifs is 1. The van der Waals surface area contributed by atoms with Gasteiger partial charge in [0, 0.05) is 17.3 Å². The highest BCUT2D eigenvalue weighted by Crippen LogP contribution is 2.34. The third-order valence-corrected chi connectivity index (χ3v) is 5.38.